The van der Waals surface area contributed by atoms with E-state index in [4.69, 9.17) is 5.73 Å². The summed E-state index contributed by atoms with van der Waals surface area (Å²) < 4.78 is 1.03. The number of benzene rings is 1. The van der Waals surface area contributed by atoms with Gasteiger partial charge in [-0.05, 0) is 31.9 Å². The Hall–Kier alpha value is -0.620. The van der Waals surface area contributed by atoms with E-state index in [0.717, 1.165) is 0 Å². The van der Waals surface area contributed by atoms with Crippen molar-refractivity contribution in [2.24, 2.45) is 0 Å². The Morgan fingerprint density at radius 1 is 1.29 bits per heavy atom. The molecule has 1 aromatic carbocycles. The van der Waals surface area contributed by atoms with E-state index in [2.05, 4.69) is 31.9 Å². The van der Waals surface area contributed by atoms with Crippen molar-refractivity contribution in [3.8, 4) is 0 Å². The van der Waals surface area contributed by atoms with Gasteiger partial charge in [0.25, 0.3) is 5.69 Å². The molecule has 0 atom stereocenters. The van der Waals surface area contributed by atoms with Crippen molar-refractivity contribution in [1.29, 1.82) is 0 Å². The minimum atomic E-state index is -0.477. The highest BCUT2D eigenvalue weighted by atomic mass is 79.9. The van der Waals surface area contributed by atoms with E-state index < -0.39 is 4.92 Å². The summed E-state index contributed by atoms with van der Waals surface area (Å²) in [7, 11) is 0. The number of nitro groups is 1. The maximum atomic E-state index is 10.3. The summed E-state index contributed by atoms with van der Waals surface area (Å²) >= 11 is 6.21. The number of nitrogen functional groups attached to an aromatic ring is 1. The van der Waals surface area contributed by atoms with Crippen LogP contribution >= 0.6 is 31.9 Å². The molecule has 0 bridgehead atoms. The van der Waals surface area contributed by atoms with Crippen LogP contribution in [-0.2, 0) is 0 Å². The van der Waals surface area contributed by atoms with Gasteiger partial charge in [0.2, 0.25) is 0 Å². The van der Waals surface area contributed by atoms with E-state index in [-0.39, 0.29) is 5.69 Å². The molecular formula is C8H10Br2N2O2. The molecule has 0 amide bonds. The lowest BCUT2D eigenvalue weighted by Gasteiger charge is -2.00. The lowest BCUT2D eigenvalue weighted by atomic mass is 10.3. The average molecular weight is 326 g/mol. The molecule has 1 rings (SSSR count). The van der Waals surface area contributed by atoms with Crippen LogP contribution in [0.1, 0.15) is 13.8 Å². The molecule has 0 radical (unpaired) electrons. The Labute approximate surface area is 98.9 Å². The van der Waals surface area contributed by atoms with Crippen LogP contribution < -0.4 is 5.73 Å². The number of nitro benzene ring substituents is 1. The summed E-state index contributed by atoms with van der Waals surface area (Å²) in [5.41, 5.74) is 6.00. The Balaban J connectivity index is 0.000000791. The SMILES string of the molecule is CC.Nc1c(Br)cc([N+](=O)[O-])cc1Br. The number of halogens is 2. The lowest BCUT2D eigenvalue weighted by molar-refractivity contribution is -0.385. The third-order valence-electron chi connectivity index (χ3n) is 1.27. The van der Waals surface area contributed by atoms with Crippen LogP contribution in [0.2, 0.25) is 0 Å². The summed E-state index contributed by atoms with van der Waals surface area (Å²) in [5, 5.41) is 10.3. The first kappa shape index (κ1) is 13.4. The largest absolute Gasteiger partial charge is 0.397 e. The normalized spacial score (nSPS) is 8.86. The van der Waals surface area contributed by atoms with Gasteiger partial charge in [0, 0.05) is 21.1 Å². The molecule has 2 N–H and O–H groups in total. The van der Waals surface area contributed by atoms with Crippen LogP contribution in [0.25, 0.3) is 0 Å². The molecule has 0 saturated carbocycles. The van der Waals surface area contributed by atoms with E-state index in [0.29, 0.717) is 14.6 Å². The zero-order valence-corrected chi connectivity index (χ0v) is 10.9. The minimum absolute atomic E-state index is 0.00273. The van der Waals surface area contributed by atoms with Crippen LogP contribution in [-0.4, -0.2) is 4.92 Å². The summed E-state index contributed by atoms with van der Waals surface area (Å²) in [6.45, 7) is 4.00. The van der Waals surface area contributed by atoms with E-state index in [1.54, 1.807) is 0 Å². The first-order valence-electron chi connectivity index (χ1n) is 3.91. The topological polar surface area (TPSA) is 69.2 Å². The van der Waals surface area contributed by atoms with Crippen LogP contribution in [0.3, 0.4) is 0 Å². The molecule has 0 unspecified atom stereocenters. The predicted octanol–water partition coefficient (Wildman–Crippen LogP) is 3.73. The van der Waals surface area contributed by atoms with Crippen LogP contribution in [0.5, 0.6) is 0 Å². The van der Waals surface area contributed by atoms with Gasteiger partial charge in [0.05, 0.1) is 10.6 Å². The molecule has 4 nitrogen and oxygen atoms in total. The van der Waals surface area contributed by atoms with Crippen molar-refractivity contribution in [1.82, 2.24) is 0 Å². The summed E-state index contributed by atoms with van der Waals surface area (Å²) in [5.74, 6) is 0. The molecule has 6 heteroatoms. The summed E-state index contributed by atoms with van der Waals surface area (Å²) in [6.07, 6.45) is 0. The molecule has 0 heterocycles. The Morgan fingerprint density at radius 3 is 1.93 bits per heavy atom. The molecular weight excluding hydrogens is 316 g/mol. The number of hydrogen-bond donors (Lipinski definition) is 1. The van der Waals surface area contributed by atoms with Crippen molar-refractivity contribution >= 4 is 43.2 Å². The fourth-order valence-electron chi connectivity index (χ4n) is 0.676. The number of hydrogen-bond acceptors (Lipinski definition) is 3. The van der Waals surface area contributed by atoms with E-state index in [1.807, 2.05) is 13.8 Å². The molecule has 0 aliphatic heterocycles. The van der Waals surface area contributed by atoms with Crippen molar-refractivity contribution < 1.29 is 4.92 Å². The van der Waals surface area contributed by atoms with Gasteiger partial charge in [0.1, 0.15) is 0 Å². The molecule has 1 aromatic rings. The second-order valence-corrected chi connectivity index (χ2v) is 3.79. The zero-order chi connectivity index (χ0) is 11.3. The van der Waals surface area contributed by atoms with Crippen molar-refractivity contribution in [3.05, 3.63) is 31.2 Å². The zero-order valence-electron chi connectivity index (χ0n) is 7.75. The Bertz CT molecular complexity index is 319. The highest BCUT2D eigenvalue weighted by molar-refractivity contribution is 9.11. The van der Waals surface area contributed by atoms with Gasteiger partial charge in [-0.25, -0.2) is 0 Å². The summed E-state index contributed by atoms with van der Waals surface area (Å²) in [4.78, 5) is 9.86. The first-order chi connectivity index (χ1) is 6.52. The smallest absolute Gasteiger partial charge is 0.271 e. The predicted molar refractivity (Wildman–Crippen MR) is 64.3 cm³/mol. The van der Waals surface area contributed by atoms with E-state index in [9.17, 15) is 10.1 Å². The van der Waals surface area contributed by atoms with Gasteiger partial charge in [-0.1, -0.05) is 13.8 Å². The average Bonchev–Trinajstić information content (AvgIpc) is 2.16. The molecule has 0 spiro atoms. The maximum absolute atomic E-state index is 10.3. The van der Waals surface area contributed by atoms with Gasteiger partial charge in [-0.3, -0.25) is 10.1 Å². The quantitative estimate of drug-likeness (QED) is 0.486. The summed E-state index contributed by atoms with van der Waals surface area (Å²) in [6, 6.07) is 2.72. The number of rotatable bonds is 1. The third kappa shape index (κ3) is 3.26. The van der Waals surface area contributed by atoms with Crippen molar-refractivity contribution in [3.63, 3.8) is 0 Å². The van der Waals surface area contributed by atoms with Crippen LogP contribution in [0, 0.1) is 10.1 Å². The van der Waals surface area contributed by atoms with Crippen LogP contribution in [0.4, 0.5) is 11.4 Å². The monoisotopic (exact) mass is 324 g/mol. The second-order valence-electron chi connectivity index (χ2n) is 2.08. The highest BCUT2D eigenvalue weighted by Gasteiger charge is 2.10. The molecule has 0 aromatic heterocycles. The fourth-order valence-corrected chi connectivity index (χ4v) is 1.84. The molecule has 0 fully saturated rings. The maximum Gasteiger partial charge on any atom is 0.271 e. The second kappa shape index (κ2) is 5.98. The highest BCUT2D eigenvalue weighted by Crippen LogP contribution is 2.32. The van der Waals surface area contributed by atoms with Gasteiger partial charge in [-0.2, -0.15) is 0 Å². The molecule has 0 aliphatic rings. The number of non-ortho nitro benzene ring substituents is 1. The van der Waals surface area contributed by atoms with Gasteiger partial charge in [-0.15, -0.1) is 0 Å². The first-order valence-corrected chi connectivity index (χ1v) is 5.50. The fraction of sp³-hybridized carbons (Fsp3) is 0.250. The van der Waals surface area contributed by atoms with Crippen LogP contribution in [0.15, 0.2) is 21.1 Å². The Kier molecular flexibility index (Phi) is 5.71. The van der Waals surface area contributed by atoms with Gasteiger partial charge in [0.15, 0.2) is 0 Å². The van der Waals surface area contributed by atoms with E-state index >= 15 is 0 Å². The molecule has 0 saturated heterocycles. The number of nitrogens with two attached hydrogens (primary N) is 1. The van der Waals surface area contributed by atoms with Gasteiger partial charge < -0.3 is 5.73 Å². The van der Waals surface area contributed by atoms with E-state index in [1.165, 1.54) is 12.1 Å². The lowest BCUT2D eigenvalue weighted by Crippen LogP contribution is -1.92. The molecule has 78 valence electrons. The van der Waals surface area contributed by atoms with Crippen molar-refractivity contribution in [2.75, 3.05) is 5.73 Å². The van der Waals surface area contributed by atoms with Gasteiger partial charge >= 0.3 is 0 Å². The minimum Gasteiger partial charge on any atom is -0.397 e. The molecule has 14 heavy (non-hydrogen) atoms. The van der Waals surface area contributed by atoms with Crippen molar-refractivity contribution in [2.45, 2.75) is 13.8 Å². The Morgan fingerprint density at radius 2 is 1.64 bits per heavy atom. The number of anilines is 1. The third-order valence-corrected chi connectivity index (χ3v) is 2.59. The standard InChI is InChI=1S/C6H4Br2N2O2.C2H6/c7-4-1-3(10(11)12)2-5(8)6(4)9;1-2/h1-2H,9H2;1-2H3. The number of nitrogens with zero attached hydrogens (tertiary/aromatic N) is 1. The molecule has 0 aliphatic carbocycles.